The molecule has 0 unspecified atom stereocenters. The minimum Gasteiger partial charge on any atom is -0.317 e. The quantitative estimate of drug-likeness (QED) is 0.726. The molecule has 1 amide bonds. The van der Waals surface area contributed by atoms with Crippen molar-refractivity contribution in [3.8, 4) is 6.07 Å². The van der Waals surface area contributed by atoms with Gasteiger partial charge in [0.1, 0.15) is 11.1 Å². The molecule has 0 bridgehead atoms. The van der Waals surface area contributed by atoms with E-state index in [9.17, 15) is 18.5 Å². The standard InChI is InChI=1S/C19H19ClN2O3S2/c20-13-6-8-14(9-7-13)27(24,25)11-10-18(23)22-19-16(12-21)15-4-2-1-3-5-17(15)26-19/h6-9H,1-5,10-11H2,(H,22,23). The number of hydrogen-bond donors (Lipinski definition) is 1. The van der Waals surface area contributed by atoms with E-state index in [1.54, 1.807) is 0 Å². The zero-order valence-electron chi connectivity index (χ0n) is 14.6. The van der Waals surface area contributed by atoms with Crippen molar-refractivity contribution in [3.05, 3.63) is 45.3 Å². The van der Waals surface area contributed by atoms with Gasteiger partial charge >= 0.3 is 0 Å². The Morgan fingerprint density at radius 2 is 1.89 bits per heavy atom. The summed E-state index contributed by atoms with van der Waals surface area (Å²) in [4.78, 5) is 13.6. The molecular formula is C19H19ClN2O3S2. The highest BCUT2D eigenvalue weighted by Gasteiger charge is 2.22. The van der Waals surface area contributed by atoms with Gasteiger partial charge in [-0.2, -0.15) is 5.26 Å². The van der Waals surface area contributed by atoms with Gasteiger partial charge in [0.15, 0.2) is 9.84 Å². The molecule has 2 aromatic rings. The molecule has 0 saturated carbocycles. The molecule has 1 aliphatic carbocycles. The van der Waals surface area contributed by atoms with Crippen LogP contribution in [0.3, 0.4) is 0 Å². The molecule has 142 valence electrons. The van der Waals surface area contributed by atoms with Crippen molar-refractivity contribution in [3.63, 3.8) is 0 Å². The minimum absolute atomic E-state index is 0.139. The second-order valence-corrected chi connectivity index (χ2v) is 10.1. The molecule has 8 heteroatoms. The Hall–Kier alpha value is -1.88. The number of sulfone groups is 1. The third-order valence-corrected chi connectivity index (χ3v) is 7.75. The highest BCUT2D eigenvalue weighted by molar-refractivity contribution is 7.91. The van der Waals surface area contributed by atoms with Gasteiger partial charge in [0.2, 0.25) is 5.91 Å². The molecule has 0 radical (unpaired) electrons. The Kier molecular flexibility index (Phi) is 6.20. The molecule has 1 heterocycles. The number of nitriles is 1. The Bertz CT molecular complexity index is 989. The number of carbonyl (C=O) groups excluding carboxylic acids is 1. The molecule has 3 rings (SSSR count). The van der Waals surface area contributed by atoms with Crippen LogP contribution in [0.25, 0.3) is 0 Å². The number of nitrogens with zero attached hydrogens (tertiary/aromatic N) is 1. The van der Waals surface area contributed by atoms with E-state index >= 15 is 0 Å². The predicted molar refractivity (Wildman–Crippen MR) is 107 cm³/mol. The van der Waals surface area contributed by atoms with Crippen LogP contribution in [0.1, 0.15) is 41.7 Å². The van der Waals surface area contributed by atoms with Gasteiger partial charge in [0.05, 0.1) is 16.2 Å². The molecule has 1 aromatic heterocycles. The average Bonchev–Trinajstić information content (AvgIpc) is 2.80. The second kappa shape index (κ2) is 8.42. The minimum atomic E-state index is -3.57. The van der Waals surface area contributed by atoms with Crippen LogP contribution in [0.4, 0.5) is 5.00 Å². The summed E-state index contributed by atoms with van der Waals surface area (Å²) in [5.41, 5.74) is 1.58. The molecule has 0 aliphatic heterocycles. The van der Waals surface area contributed by atoms with Gasteiger partial charge in [0, 0.05) is 16.3 Å². The number of hydrogen-bond acceptors (Lipinski definition) is 5. The van der Waals surface area contributed by atoms with Crippen LogP contribution in [-0.2, 0) is 27.5 Å². The number of aryl methyl sites for hydroxylation is 1. The van der Waals surface area contributed by atoms with Gasteiger partial charge in [-0.3, -0.25) is 4.79 Å². The van der Waals surface area contributed by atoms with Crippen molar-refractivity contribution >= 4 is 43.7 Å². The summed E-state index contributed by atoms with van der Waals surface area (Å²) in [5.74, 6) is -0.701. The lowest BCUT2D eigenvalue weighted by Crippen LogP contribution is -2.17. The number of rotatable bonds is 5. The van der Waals surface area contributed by atoms with E-state index in [0.717, 1.165) is 42.5 Å². The number of benzene rings is 1. The summed E-state index contributed by atoms with van der Waals surface area (Å²) in [5, 5.41) is 13.2. The smallest absolute Gasteiger partial charge is 0.226 e. The largest absolute Gasteiger partial charge is 0.317 e. The lowest BCUT2D eigenvalue weighted by molar-refractivity contribution is -0.115. The molecule has 1 N–H and O–H groups in total. The van der Waals surface area contributed by atoms with Crippen LogP contribution in [-0.4, -0.2) is 20.1 Å². The van der Waals surface area contributed by atoms with Crippen LogP contribution in [0.2, 0.25) is 5.02 Å². The normalized spacial score (nSPS) is 14.1. The fourth-order valence-corrected chi connectivity index (χ4v) is 5.75. The molecule has 27 heavy (non-hydrogen) atoms. The van der Waals surface area contributed by atoms with E-state index in [0.29, 0.717) is 15.6 Å². The van der Waals surface area contributed by atoms with Gasteiger partial charge in [-0.25, -0.2) is 8.42 Å². The molecule has 0 fully saturated rings. The number of halogens is 1. The van der Waals surface area contributed by atoms with E-state index in [1.807, 2.05) is 0 Å². The van der Waals surface area contributed by atoms with Crippen molar-refractivity contribution in [2.45, 2.75) is 43.4 Å². The first-order chi connectivity index (χ1) is 12.9. The summed E-state index contributed by atoms with van der Waals surface area (Å²) in [6.45, 7) is 0. The fourth-order valence-electron chi connectivity index (χ4n) is 3.12. The Morgan fingerprint density at radius 3 is 2.59 bits per heavy atom. The number of thiophene rings is 1. The molecule has 5 nitrogen and oxygen atoms in total. The van der Waals surface area contributed by atoms with E-state index in [1.165, 1.54) is 35.6 Å². The number of nitrogens with one attached hydrogen (secondary N) is 1. The summed E-state index contributed by atoms with van der Waals surface area (Å²) in [6, 6.07) is 8.08. The summed E-state index contributed by atoms with van der Waals surface area (Å²) in [7, 11) is -3.57. The van der Waals surface area contributed by atoms with Crippen LogP contribution >= 0.6 is 22.9 Å². The number of carbonyl (C=O) groups is 1. The molecule has 1 aliphatic rings. The zero-order valence-corrected chi connectivity index (χ0v) is 17.0. The number of fused-ring (bicyclic) bond motifs is 1. The Labute approximate surface area is 167 Å². The van der Waals surface area contributed by atoms with E-state index in [-0.39, 0.29) is 17.1 Å². The zero-order chi connectivity index (χ0) is 19.4. The molecule has 1 aromatic carbocycles. The van der Waals surface area contributed by atoms with Crippen molar-refractivity contribution in [2.75, 3.05) is 11.1 Å². The fraction of sp³-hybridized carbons (Fsp3) is 0.368. The first-order valence-electron chi connectivity index (χ1n) is 8.73. The monoisotopic (exact) mass is 422 g/mol. The van der Waals surface area contributed by atoms with Crippen molar-refractivity contribution in [2.24, 2.45) is 0 Å². The second-order valence-electron chi connectivity index (χ2n) is 6.45. The summed E-state index contributed by atoms with van der Waals surface area (Å²) >= 11 is 7.22. The van der Waals surface area contributed by atoms with Gasteiger partial charge in [-0.05, 0) is 55.5 Å². The summed E-state index contributed by atoms with van der Waals surface area (Å²) < 4.78 is 24.7. The van der Waals surface area contributed by atoms with Crippen LogP contribution in [0.5, 0.6) is 0 Å². The van der Waals surface area contributed by atoms with Gasteiger partial charge in [-0.15, -0.1) is 11.3 Å². The molecule has 0 spiro atoms. The van der Waals surface area contributed by atoms with Crippen LogP contribution in [0.15, 0.2) is 29.2 Å². The first-order valence-corrected chi connectivity index (χ1v) is 11.6. The van der Waals surface area contributed by atoms with E-state index in [2.05, 4.69) is 11.4 Å². The molecule has 0 atom stereocenters. The number of anilines is 1. The lowest BCUT2D eigenvalue weighted by atomic mass is 10.1. The summed E-state index contributed by atoms with van der Waals surface area (Å²) in [6.07, 6.45) is 4.90. The van der Waals surface area contributed by atoms with E-state index in [4.69, 9.17) is 11.6 Å². The average molecular weight is 423 g/mol. The lowest BCUT2D eigenvalue weighted by Gasteiger charge is -2.06. The van der Waals surface area contributed by atoms with Crippen LogP contribution in [0, 0.1) is 11.3 Å². The maximum Gasteiger partial charge on any atom is 0.226 e. The third kappa shape index (κ3) is 4.70. The Morgan fingerprint density at radius 1 is 1.19 bits per heavy atom. The van der Waals surface area contributed by atoms with Crippen molar-refractivity contribution in [1.29, 1.82) is 5.26 Å². The first kappa shape index (κ1) is 19.9. The van der Waals surface area contributed by atoms with Gasteiger partial charge in [0.25, 0.3) is 0 Å². The van der Waals surface area contributed by atoms with E-state index < -0.39 is 15.7 Å². The van der Waals surface area contributed by atoms with Gasteiger partial charge in [-0.1, -0.05) is 18.0 Å². The van der Waals surface area contributed by atoms with Crippen molar-refractivity contribution in [1.82, 2.24) is 0 Å². The highest BCUT2D eigenvalue weighted by atomic mass is 35.5. The number of amides is 1. The topological polar surface area (TPSA) is 87.0 Å². The molecule has 0 saturated heterocycles. The van der Waals surface area contributed by atoms with Gasteiger partial charge < -0.3 is 5.32 Å². The predicted octanol–water partition coefficient (Wildman–Crippen LogP) is 4.34. The van der Waals surface area contributed by atoms with Crippen LogP contribution < -0.4 is 5.32 Å². The maximum absolute atomic E-state index is 12.3. The van der Waals surface area contributed by atoms with Crippen molar-refractivity contribution < 1.29 is 13.2 Å². The third-order valence-electron chi connectivity index (χ3n) is 4.56. The highest BCUT2D eigenvalue weighted by Crippen LogP contribution is 2.37. The SMILES string of the molecule is N#Cc1c(NC(=O)CCS(=O)(=O)c2ccc(Cl)cc2)sc2c1CCCCC2. The maximum atomic E-state index is 12.3. The molecular weight excluding hydrogens is 404 g/mol. The Balaban J connectivity index is 1.68.